The van der Waals surface area contributed by atoms with Gasteiger partial charge in [-0.3, -0.25) is 9.59 Å². The van der Waals surface area contributed by atoms with Gasteiger partial charge in [0.25, 0.3) is 0 Å². The predicted molar refractivity (Wildman–Crippen MR) is 37.0 cm³/mol. The molecule has 0 aromatic carbocycles. The molecule has 1 atom stereocenters. The van der Waals surface area contributed by atoms with Gasteiger partial charge in [-0.1, -0.05) is 0 Å². The molecular formula is C5H8O4S. The molecule has 0 aliphatic carbocycles. The lowest BCUT2D eigenvalue weighted by Crippen LogP contribution is -2.27. The molecule has 5 heteroatoms. The van der Waals surface area contributed by atoms with Gasteiger partial charge in [0.05, 0.1) is 7.11 Å². The van der Waals surface area contributed by atoms with Gasteiger partial charge in [-0.05, 0) is 6.26 Å². The zero-order valence-electron chi connectivity index (χ0n) is 5.66. The first-order valence-electron chi connectivity index (χ1n) is 2.47. The van der Waals surface area contributed by atoms with Crippen LogP contribution in [-0.4, -0.2) is 35.7 Å². The van der Waals surface area contributed by atoms with Crippen LogP contribution in [0.3, 0.4) is 0 Å². The number of aliphatic carboxylic acids is 1. The van der Waals surface area contributed by atoms with Gasteiger partial charge < -0.3 is 9.84 Å². The van der Waals surface area contributed by atoms with Crippen LogP contribution in [0.15, 0.2) is 0 Å². The summed E-state index contributed by atoms with van der Waals surface area (Å²) in [7, 11) is 1.16. The normalized spacial score (nSPS) is 12.2. The van der Waals surface area contributed by atoms with E-state index in [1.807, 2.05) is 0 Å². The lowest BCUT2D eigenvalue weighted by Gasteiger charge is -2.04. The van der Waals surface area contributed by atoms with Gasteiger partial charge in [0, 0.05) is 0 Å². The Labute approximate surface area is 62.6 Å². The van der Waals surface area contributed by atoms with E-state index in [1.54, 1.807) is 0 Å². The first kappa shape index (κ1) is 9.29. The molecule has 0 spiro atoms. The number of carbonyl (C=O) groups excluding carboxylic acids is 1. The van der Waals surface area contributed by atoms with Crippen LogP contribution in [-0.2, 0) is 14.3 Å². The molecule has 0 bridgehead atoms. The zero-order chi connectivity index (χ0) is 8.15. The molecular weight excluding hydrogens is 156 g/mol. The van der Waals surface area contributed by atoms with E-state index in [-0.39, 0.29) is 0 Å². The van der Waals surface area contributed by atoms with Gasteiger partial charge in [0.15, 0.2) is 5.25 Å². The summed E-state index contributed by atoms with van der Waals surface area (Å²) in [5.74, 6) is -1.89. The van der Waals surface area contributed by atoms with Gasteiger partial charge in [-0.15, -0.1) is 11.8 Å². The number of hydrogen-bond donors (Lipinski definition) is 1. The average Bonchev–Trinajstić information content (AvgIpc) is 1.88. The van der Waals surface area contributed by atoms with Crippen LogP contribution < -0.4 is 0 Å². The highest BCUT2D eigenvalue weighted by atomic mass is 32.2. The summed E-state index contributed by atoms with van der Waals surface area (Å²) in [5.41, 5.74) is 0. The second-order valence-corrected chi connectivity index (χ2v) is 2.42. The number of carboxylic acids is 1. The molecule has 58 valence electrons. The minimum Gasteiger partial charge on any atom is -0.480 e. The molecule has 0 saturated carbocycles. The SMILES string of the molecule is COC(=O)C(SC)C(=O)O. The van der Waals surface area contributed by atoms with E-state index in [0.717, 1.165) is 18.9 Å². The van der Waals surface area contributed by atoms with Gasteiger partial charge in [-0.25, -0.2) is 0 Å². The summed E-state index contributed by atoms with van der Waals surface area (Å²) >= 11 is 0.937. The second kappa shape index (κ2) is 4.16. The fourth-order valence-electron chi connectivity index (χ4n) is 0.405. The second-order valence-electron chi connectivity index (χ2n) is 1.48. The monoisotopic (exact) mass is 164 g/mol. The summed E-state index contributed by atoms with van der Waals surface area (Å²) in [5, 5.41) is 7.26. The maximum Gasteiger partial charge on any atom is 0.330 e. The van der Waals surface area contributed by atoms with Crippen molar-refractivity contribution in [2.24, 2.45) is 0 Å². The molecule has 0 fully saturated rings. The predicted octanol–water partition coefficient (Wildman–Crippen LogP) is -0.0244. The van der Waals surface area contributed by atoms with E-state index in [1.165, 1.54) is 6.26 Å². The van der Waals surface area contributed by atoms with Gasteiger partial charge in [0.2, 0.25) is 0 Å². The number of carboxylic acid groups (broad SMARTS) is 1. The number of esters is 1. The Balaban J connectivity index is 4.06. The zero-order valence-corrected chi connectivity index (χ0v) is 6.47. The van der Waals surface area contributed by atoms with Crippen molar-refractivity contribution in [2.75, 3.05) is 13.4 Å². The fourth-order valence-corrected chi connectivity index (χ4v) is 0.895. The maximum absolute atomic E-state index is 10.6. The van der Waals surface area contributed by atoms with Gasteiger partial charge in [-0.2, -0.15) is 0 Å². The highest BCUT2D eigenvalue weighted by Gasteiger charge is 2.25. The van der Waals surface area contributed by atoms with E-state index in [9.17, 15) is 9.59 Å². The third-order valence-corrected chi connectivity index (χ3v) is 1.74. The summed E-state index contributed by atoms with van der Waals surface area (Å²) in [6.07, 6.45) is 1.54. The van der Waals surface area contributed by atoms with Crippen molar-refractivity contribution in [2.45, 2.75) is 5.25 Å². The molecule has 0 rings (SSSR count). The Bertz CT molecular complexity index is 145. The molecule has 1 N–H and O–H groups in total. The quantitative estimate of drug-likeness (QED) is 0.469. The molecule has 0 aromatic rings. The lowest BCUT2D eigenvalue weighted by atomic mass is 10.4. The van der Waals surface area contributed by atoms with Crippen LogP contribution in [0.25, 0.3) is 0 Å². The molecule has 0 amide bonds. The van der Waals surface area contributed by atoms with E-state index in [0.29, 0.717) is 0 Å². The number of rotatable bonds is 3. The van der Waals surface area contributed by atoms with E-state index in [4.69, 9.17) is 5.11 Å². The van der Waals surface area contributed by atoms with Crippen LogP contribution in [0.1, 0.15) is 0 Å². The molecule has 0 heterocycles. The van der Waals surface area contributed by atoms with E-state index >= 15 is 0 Å². The molecule has 4 nitrogen and oxygen atoms in total. The molecule has 0 aromatic heterocycles. The number of methoxy groups -OCH3 is 1. The summed E-state index contributed by atoms with van der Waals surface area (Å²) in [4.78, 5) is 20.8. The van der Waals surface area contributed by atoms with Crippen LogP contribution in [0.2, 0.25) is 0 Å². The summed E-state index contributed by atoms with van der Waals surface area (Å²) < 4.78 is 4.22. The lowest BCUT2D eigenvalue weighted by molar-refractivity contribution is -0.148. The smallest absolute Gasteiger partial charge is 0.330 e. The van der Waals surface area contributed by atoms with Crippen molar-refractivity contribution in [3.05, 3.63) is 0 Å². The molecule has 1 unspecified atom stereocenters. The first-order chi connectivity index (χ1) is 4.63. The highest BCUT2D eigenvalue weighted by Crippen LogP contribution is 2.07. The summed E-state index contributed by atoms with van der Waals surface area (Å²) in [6.45, 7) is 0. The Morgan fingerprint density at radius 1 is 1.60 bits per heavy atom. The van der Waals surface area contributed by atoms with Crippen molar-refractivity contribution in [1.82, 2.24) is 0 Å². The average molecular weight is 164 g/mol. The third kappa shape index (κ3) is 2.26. The van der Waals surface area contributed by atoms with Gasteiger partial charge in [0.1, 0.15) is 0 Å². The largest absolute Gasteiger partial charge is 0.480 e. The highest BCUT2D eigenvalue weighted by molar-refractivity contribution is 8.00. The van der Waals surface area contributed by atoms with Crippen LogP contribution in [0.4, 0.5) is 0 Å². The maximum atomic E-state index is 10.6. The Hall–Kier alpha value is -0.710. The minimum atomic E-state index is -1.17. The van der Waals surface area contributed by atoms with Crippen molar-refractivity contribution < 1.29 is 19.4 Å². The number of ether oxygens (including phenoxy) is 1. The topological polar surface area (TPSA) is 63.6 Å². The van der Waals surface area contributed by atoms with Crippen LogP contribution >= 0.6 is 11.8 Å². The Kier molecular flexibility index (Phi) is 3.87. The number of carbonyl (C=O) groups is 2. The van der Waals surface area contributed by atoms with E-state index in [2.05, 4.69) is 4.74 Å². The van der Waals surface area contributed by atoms with Crippen LogP contribution in [0, 0.1) is 0 Å². The first-order valence-corrected chi connectivity index (χ1v) is 3.75. The molecule has 0 aliphatic heterocycles. The van der Waals surface area contributed by atoms with Crippen molar-refractivity contribution in [3.63, 3.8) is 0 Å². The summed E-state index contributed by atoms with van der Waals surface area (Å²) in [6, 6.07) is 0. The van der Waals surface area contributed by atoms with Crippen molar-refractivity contribution >= 4 is 23.7 Å². The minimum absolute atomic E-state index is 0.722. The molecule has 0 saturated heterocycles. The molecule has 0 radical (unpaired) electrons. The Morgan fingerprint density at radius 3 is 2.20 bits per heavy atom. The standard InChI is InChI=1S/C5H8O4S/c1-9-5(8)3(10-2)4(6)7/h3H,1-2H3,(H,6,7). The third-order valence-electron chi connectivity index (χ3n) is 0.875. The number of thioether (sulfide) groups is 1. The molecule has 0 aliphatic rings. The Morgan fingerprint density at radius 2 is 2.10 bits per heavy atom. The molecule has 10 heavy (non-hydrogen) atoms. The number of hydrogen-bond acceptors (Lipinski definition) is 4. The van der Waals surface area contributed by atoms with Crippen molar-refractivity contribution in [3.8, 4) is 0 Å². The fraction of sp³-hybridized carbons (Fsp3) is 0.600. The van der Waals surface area contributed by atoms with Crippen molar-refractivity contribution in [1.29, 1.82) is 0 Å². The van der Waals surface area contributed by atoms with Crippen LogP contribution in [0.5, 0.6) is 0 Å². The van der Waals surface area contributed by atoms with E-state index < -0.39 is 17.2 Å². The van der Waals surface area contributed by atoms with Gasteiger partial charge >= 0.3 is 11.9 Å².